The van der Waals surface area contributed by atoms with E-state index in [9.17, 15) is 4.79 Å². The highest BCUT2D eigenvalue weighted by molar-refractivity contribution is 5.87. The van der Waals surface area contributed by atoms with Crippen LogP contribution in [0, 0.1) is 13.8 Å². The maximum Gasteiger partial charge on any atom is 0.374 e. The van der Waals surface area contributed by atoms with Crippen LogP contribution < -0.4 is 0 Å². The summed E-state index contributed by atoms with van der Waals surface area (Å²) in [5.41, 5.74) is 2.78. The third-order valence-electron chi connectivity index (χ3n) is 3.40. The molecule has 0 amide bonds. The van der Waals surface area contributed by atoms with Gasteiger partial charge in [0.15, 0.2) is 0 Å². The van der Waals surface area contributed by atoms with Gasteiger partial charge in [0, 0.05) is 11.1 Å². The van der Waals surface area contributed by atoms with Crippen molar-refractivity contribution in [2.24, 2.45) is 0 Å². The molecule has 0 N–H and O–H groups in total. The van der Waals surface area contributed by atoms with Crippen LogP contribution in [0.2, 0.25) is 0 Å². The van der Waals surface area contributed by atoms with Crippen molar-refractivity contribution in [2.45, 2.75) is 20.4 Å². The minimum Gasteiger partial charge on any atom is -0.463 e. The van der Waals surface area contributed by atoms with Crippen LogP contribution in [0.1, 0.15) is 27.4 Å². The number of methoxy groups -OCH3 is 1. The Morgan fingerprint density at radius 1 is 1.26 bits per heavy atom. The number of benzene rings is 1. The molecular weight excluding hydrogens is 296 g/mol. The van der Waals surface area contributed by atoms with E-state index in [1.807, 2.05) is 31.2 Å². The number of tetrazole rings is 1. The minimum absolute atomic E-state index is 0.196. The summed E-state index contributed by atoms with van der Waals surface area (Å²) >= 11 is 0. The lowest BCUT2D eigenvalue weighted by atomic mass is 10.1. The largest absolute Gasteiger partial charge is 0.463 e. The van der Waals surface area contributed by atoms with E-state index in [2.05, 4.69) is 20.1 Å². The molecule has 0 aliphatic rings. The van der Waals surface area contributed by atoms with Gasteiger partial charge < -0.3 is 9.15 Å². The molecule has 118 valence electrons. The maximum atomic E-state index is 11.6. The second kappa shape index (κ2) is 6.04. The number of rotatable bonds is 4. The first-order chi connectivity index (χ1) is 11.1. The third-order valence-corrected chi connectivity index (χ3v) is 3.40. The second-order valence-electron chi connectivity index (χ2n) is 5.23. The molecule has 0 fully saturated rings. The molecule has 0 saturated carbocycles. The summed E-state index contributed by atoms with van der Waals surface area (Å²) in [5.74, 6) is 0.805. The van der Waals surface area contributed by atoms with Gasteiger partial charge in [0.1, 0.15) is 12.3 Å². The molecule has 3 aromatic rings. The predicted octanol–water partition coefficient (Wildman–Crippen LogP) is 2.38. The fourth-order valence-electron chi connectivity index (χ4n) is 2.19. The Morgan fingerprint density at radius 3 is 2.70 bits per heavy atom. The number of hydrogen-bond donors (Lipinski definition) is 0. The highest BCUT2D eigenvalue weighted by Crippen LogP contribution is 2.17. The number of carbonyl (C=O) groups is 1. The molecule has 0 unspecified atom stereocenters. The summed E-state index contributed by atoms with van der Waals surface area (Å²) in [5, 5.41) is 12.4. The fourth-order valence-corrected chi connectivity index (χ4v) is 2.19. The third kappa shape index (κ3) is 3.13. The van der Waals surface area contributed by atoms with E-state index in [0.717, 1.165) is 5.56 Å². The van der Waals surface area contributed by atoms with Crippen molar-refractivity contribution in [3.8, 4) is 11.4 Å². The number of ether oxygens (including phenoxy) is 1. The topological polar surface area (TPSA) is 83.0 Å². The summed E-state index contributed by atoms with van der Waals surface area (Å²) in [7, 11) is 1.32. The van der Waals surface area contributed by atoms with Crippen LogP contribution in [-0.4, -0.2) is 33.3 Å². The number of aromatic nitrogens is 4. The van der Waals surface area contributed by atoms with Crippen LogP contribution in [0.5, 0.6) is 0 Å². The lowest BCUT2D eigenvalue weighted by molar-refractivity contribution is 0.0561. The number of nitrogens with zero attached hydrogens (tertiary/aromatic N) is 4. The summed E-state index contributed by atoms with van der Waals surface area (Å²) in [6.07, 6.45) is 0. The van der Waals surface area contributed by atoms with Gasteiger partial charge >= 0.3 is 5.97 Å². The monoisotopic (exact) mass is 312 g/mol. The first-order valence-corrected chi connectivity index (χ1v) is 7.09. The maximum absolute atomic E-state index is 11.6. The van der Waals surface area contributed by atoms with E-state index in [-0.39, 0.29) is 12.3 Å². The summed E-state index contributed by atoms with van der Waals surface area (Å²) in [4.78, 5) is 13.0. The van der Waals surface area contributed by atoms with Crippen molar-refractivity contribution in [2.75, 3.05) is 7.11 Å². The Bertz CT molecular complexity index is 833. The highest BCUT2D eigenvalue weighted by Gasteiger charge is 2.17. The molecule has 7 heteroatoms. The number of esters is 1. The van der Waals surface area contributed by atoms with Crippen LogP contribution in [-0.2, 0) is 11.3 Å². The van der Waals surface area contributed by atoms with Gasteiger partial charge in [-0.3, -0.25) is 0 Å². The SMILES string of the molecule is COC(=O)c1oc(Cn2nnc(-c3ccc(C)cc3)n2)cc1C. The Hall–Kier alpha value is -2.96. The molecule has 0 atom stereocenters. The van der Waals surface area contributed by atoms with Crippen molar-refractivity contribution in [1.82, 2.24) is 20.2 Å². The zero-order valence-corrected chi connectivity index (χ0v) is 13.1. The summed E-state index contributed by atoms with van der Waals surface area (Å²) in [6.45, 7) is 4.09. The summed E-state index contributed by atoms with van der Waals surface area (Å²) in [6, 6.07) is 9.65. The average Bonchev–Trinajstić information content (AvgIpc) is 3.14. The first-order valence-electron chi connectivity index (χ1n) is 7.09. The molecular formula is C16H16N4O3. The molecule has 0 spiro atoms. The van der Waals surface area contributed by atoms with E-state index >= 15 is 0 Å². The molecule has 1 aromatic carbocycles. The highest BCUT2D eigenvalue weighted by atomic mass is 16.5. The Balaban J connectivity index is 1.79. The van der Waals surface area contributed by atoms with Gasteiger partial charge in [-0.25, -0.2) is 4.79 Å². The van der Waals surface area contributed by atoms with Crippen LogP contribution in [0.15, 0.2) is 34.7 Å². The van der Waals surface area contributed by atoms with E-state index in [1.54, 1.807) is 13.0 Å². The predicted molar refractivity (Wildman–Crippen MR) is 81.9 cm³/mol. The number of hydrogen-bond acceptors (Lipinski definition) is 6. The first kappa shape index (κ1) is 15.0. The van der Waals surface area contributed by atoms with E-state index < -0.39 is 5.97 Å². The van der Waals surface area contributed by atoms with Crippen molar-refractivity contribution in [1.29, 1.82) is 0 Å². The molecule has 0 aliphatic heterocycles. The van der Waals surface area contributed by atoms with E-state index in [0.29, 0.717) is 17.1 Å². The van der Waals surface area contributed by atoms with Crippen LogP contribution >= 0.6 is 0 Å². The van der Waals surface area contributed by atoms with Crippen molar-refractivity contribution < 1.29 is 13.9 Å². The normalized spacial score (nSPS) is 10.7. The lowest BCUT2D eigenvalue weighted by Gasteiger charge is -1.97. The smallest absolute Gasteiger partial charge is 0.374 e. The molecule has 7 nitrogen and oxygen atoms in total. The van der Waals surface area contributed by atoms with E-state index in [1.165, 1.54) is 17.5 Å². The van der Waals surface area contributed by atoms with E-state index in [4.69, 9.17) is 4.42 Å². The number of furan rings is 1. The zero-order valence-electron chi connectivity index (χ0n) is 13.1. The van der Waals surface area contributed by atoms with Crippen LogP contribution in [0.25, 0.3) is 11.4 Å². The molecule has 0 saturated heterocycles. The minimum atomic E-state index is -0.499. The Kier molecular flexibility index (Phi) is 3.92. The lowest BCUT2D eigenvalue weighted by Crippen LogP contribution is -2.03. The molecule has 0 bridgehead atoms. The van der Waals surface area contributed by atoms with Gasteiger partial charge in [-0.15, -0.1) is 10.2 Å². The van der Waals surface area contributed by atoms with Crippen LogP contribution in [0.4, 0.5) is 0 Å². The van der Waals surface area contributed by atoms with Crippen LogP contribution in [0.3, 0.4) is 0 Å². The molecule has 2 heterocycles. The van der Waals surface area contributed by atoms with Gasteiger partial charge in [0.25, 0.3) is 0 Å². The van der Waals surface area contributed by atoms with Gasteiger partial charge in [0.2, 0.25) is 11.6 Å². The standard InChI is InChI=1S/C16H16N4O3/c1-10-4-6-12(7-5-10)15-17-19-20(18-15)9-13-8-11(2)14(23-13)16(21)22-3/h4-8H,9H2,1-3H3. The van der Waals surface area contributed by atoms with Crippen molar-refractivity contribution in [3.63, 3.8) is 0 Å². The van der Waals surface area contributed by atoms with Gasteiger partial charge in [-0.2, -0.15) is 4.80 Å². The quantitative estimate of drug-likeness (QED) is 0.688. The van der Waals surface area contributed by atoms with Gasteiger partial charge in [-0.05, 0) is 25.1 Å². The molecule has 2 aromatic heterocycles. The second-order valence-corrected chi connectivity index (χ2v) is 5.23. The fraction of sp³-hybridized carbons (Fsp3) is 0.250. The Morgan fingerprint density at radius 2 is 2.00 bits per heavy atom. The molecule has 0 aliphatic carbocycles. The van der Waals surface area contributed by atoms with Crippen molar-refractivity contribution in [3.05, 3.63) is 53.0 Å². The summed E-state index contributed by atoms with van der Waals surface area (Å²) < 4.78 is 10.2. The molecule has 0 radical (unpaired) electrons. The van der Waals surface area contributed by atoms with Gasteiger partial charge in [0.05, 0.1) is 7.11 Å². The Labute approximate surface area is 132 Å². The average molecular weight is 312 g/mol. The zero-order chi connectivity index (χ0) is 16.4. The van der Waals surface area contributed by atoms with Gasteiger partial charge in [-0.1, -0.05) is 29.8 Å². The number of aryl methyl sites for hydroxylation is 2. The molecule has 3 rings (SSSR count). The van der Waals surface area contributed by atoms with Crippen molar-refractivity contribution >= 4 is 5.97 Å². The number of carbonyl (C=O) groups excluding carboxylic acids is 1. The molecule has 23 heavy (non-hydrogen) atoms.